The van der Waals surface area contributed by atoms with Crippen molar-refractivity contribution in [3.8, 4) is 22.4 Å². The van der Waals surface area contributed by atoms with Crippen LogP contribution in [0.2, 0.25) is 0 Å². The molecule has 27 heavy (non-hydrogen) atoms. The number of nitrogens with zero attached hydrogens (tertiary/aromatic N) is 4. The Bertz CT molecular complexity index is 899. The molecule has 1 aliphatic heterocycles. The first-order chi connectivity index (χ1) is 13.3. The van der Waals surface area contributed by atoms with E-state index < -0.39 is 0 Å². The van der Waals surface area contributed by atoms with Gasteiger partial charge in [-0.25, -0.2) is 0 Å². The molecular formula is C21H23N5O. The van der Waals surface area contributed by atoms with Crippen molar-refractivity contribution in [1.82, 2.24) is 25.3 Å². The molecule has 0 spiro atoms. The number of hydrogen-bond donors (Lipinski definition) is 1. The summed E-state index contributed by atoms with van der Waals surface area (Å²) < 4.78 is 0. The number of H-pyrrole nitrogens is 1. The van der Waals surface area contributed by atoms with E-state index in [1.165, 1.54) is 0 Å². The maximum absolute atomic E-state index is 12.0. The number of carbonyl (C=O) groups is 1. The fraction of sp³-hybridized carbons (Fsp3) is 0.333. The number of likely N-dealkylation sites (tertiary alicyclic amines) is 1. The van der Waals surface area contributed by atoms with Crippen LogP contribution >= 0.6 is 0 Å². The summed E-state index contributed by atoms with van der Waals surface area (Å²) in [5, 5.41) is 15.9. The third-order valence-electron chi connectivity index (χ3n) is 5.27. The van der Waals surface area contributed by atoms with E-state index in [0.29, 0.717) is 12.3 Å². The molecule has 1 aliphatic rings. The molecule has 138 valence electrons. The third kappa shape index (κ3) is 3.47. The average Bonchev–Trinajstić information content (AvgIpc) is 3.19. The molecule has 1 saturated heterocycles. The quantitative estimate of drug-likeness (QED) is 0.770. The Hall–Kier alpha value is -3.02. The summed E-state index contributed by atoms with van der Waals surface area (Å²) in [5.41, 5.74) is 5.25. The third-order valence-corrected chi connectivity index (χ3v) is 5.27. The second-order valence-corrected chi connectivity index (χ2v) is 6.87. The van der Waals surface area contributed by atoms with Gasteiger partial charge in [0.05, 0.1) is 12.4 Å². The molecule has 3 heterocycles. The standard InChI is InChI=1S/C21H23N5O/c1-2-18(27)26-12-9-16(10-13-26)21-19(17-8-11-22-23-14-17)20(24-25-21)15-6-4-3-5-7-15/h3-8,11,14,16H,2,9-10,12-13H2,1H3,(H,24,25). The number of amides is 1. The van der Waals surface area contributed by atoms with E-state index in [0.717, 1.165) is 54.0 Å². The molecule has 1 amide bonds. The molecule has 1 N–H and O–H groups in total. The van der Waals surface area contributed by atoms with Crippen molar-refractivity contribution < 1.29 is 4.79 Å². The lowest BCUT2D eigenvalue weighted by atomic mass is 9.88. The van der Waals surface area contributed by atoms with E-state index >= 15 is 0 Å². The van der Waals surface area contributed by atoms with Gasteiger partial charge in [0.15, 0.2) is 0 Å². The number of aromatic amines is 1. The normalized spacial score (nSPS) is 15.1. The van der Waals surface area contributed by atoms with Crippen LogP contribution in [0, 0.1) is 0 Å². The summed E-state index contributed by atoms with van der Waals surface area (Å²) in [6.45, 7) is 3.51. The number of aromatic nitrogens is 4. The minimum Gasteiger partial charge on any atom is -0.343 e. The predicted molar refractivity (Wildman–Crippen MR) is 104 cm³/mol. The molecule has 6 heteroatoms. The molecule has 0 saturated carbocycles. The molecule has 6 nitrogen and oxygen atoms in total. The Balaban J connectivity index is 1.70. The van der Waals surface area contributed by atoms with E-state index in [9.17, 15) is 4.79 Å². The largest absolute Gasteiger partial charge is 0.343 e. The maximum Gasteiger partial charge on any atom is 0.222 e. The van der Waals surface area contributed by atoms with Crippen molar-refractivity contribution in [1.29, 1.82) is 0 Å². The second kappa shape index (κ2) is 7.70. The van der Waals surface area contributed by atoms with E-state index in [4.69, 9.17) is 0 Å². The zero-order valence-corrected chi connectivity index (χ0v) is 15.4. The van der Waals surface area contributed by atoms with Gasteiger partial charge in [0.1, 0.15) is 5.69 Å². The summed E-state index contributed by atoms with van der Waals surface area (Å²) in [6.07, 6.45) is 5.95. The molecule has 1 fully saturated rings. The number of piperidine rings is 1. The molecule has 2 aromatic heterocycles. The molecule has 3 aromatic rings. The fourth-order valence-electron chi connectivity index (χ4n) is 3.83. The Morgan fingerprint density at radius 2 is 1.89 bits per heavy atom. The van der Waals surface area contributed by atoms with Crippen LogP contribution in [0.4, 0.5) is 0 Å². The number of benzene rings is 1. The molecule has 0 bridgehead atoms. The van der Waals surface area contributed by atoms with Crippen LogP contribution in [0.15, 0.2) is 48.8 Å². The molecule has 0 atom stereocenters. The van der Waals surface area contributed by atoms with Crippen molar-refractivity contribution >= 4 is 5.91 Å². The number of carbonyl (C=O) groups excluding carboxylic acids is 1. The second-order valence-electron chi connectivity index (χ2n) is 6.87. The SMILES string of the molecule is CCC(=O)N1CCC(c2[nH]nc(-c3ccccc3)c2-c2ccnnc2)CC1. The summed E-state index contributed by atoms with van der Waals surface area (Å²) >= 11 is 0. The first-order valence-electron chi connectivity index (χ1n) is 9.46. The summed E-state index contributed by atoms with van der Waals surface area (Å²) in [4.78, 5) is 13.9. The van der Waals surface area contributed by atoms with Crippen molar-refractivity contribution in [3.05, 3.63) is 54.5 Å². The zero-order valence-electron chi connectivity index (χ0n) is 15.4. The minimum atomic E-state index is 0.238. The Labute approximate surface area is 158 Å². The number of hydrogen-bond acceptors (Lipinski definition) is 4. The van der Waals surface area contributed by atoms with E-state index in [1.807, 2.05) is 36.1 Å². The smallest absolute Gasteiger partial charge is 0.222 e. The van der Waals surface area contributed by atoms with Gasteiger partial charge in [0, 0.05) is 47.8 Å². The molecule has 1 aromatic carbocycles. The van der Waals surface area contributed by atoms with Crippen molar-refractivity contribution in [3.63, 3.8) is 0 Å². The van der Waals surface area contributed by atoms with Gasteiger partial charge in [-0.15, -0.1) is 0 Å². The zero-order chi connectivity index (χ0) is 18.6. The van der Waals surface area contributed by atoms with E-state index in [-0.39, 0.29) is 5.91 Å². The lowest BCUT2D eigenvalue weighted by Crippen LogP contribution is -2.37. The van der Waals surface area contributed by atoms with Gasteiger partial charge in [-0.3, -0.25) is 9.89 Å². The maximum atomic E-state index is 12.0. The Morgan fingerprint density at radius 3 is 2.56 bits per heavy atom. The summed E-state index contributed by atoms with van der Waals surface area (Å²) in [7, 11) is 0. The van der Waals surface area contributed by atoms with Gasteiger partial charge >= 0.3 is 0 Å². The van der Waals surface area contributed by atoms with Crippen molar-refractivity contribution in [2.45, 2.75) is 32.1 Å². The minimum absolute atomic E-state index is 0.238. The fourth-order valence-corrected chi connectivity index (χ4v) is 3.83. The highest BCUT2D eigenvalue weighted by atomic mass is 16.2. The highest BCUT2D eigenvalue weighted by Crippen LogP contribution is 2.39. The van der Waals surface area contributed by atoms with Crippen LogP contribution in [-0.2, 0) is 4.79 Å². The number of rotatable bonds is 4. The topological polar surface area (TPSA) is 74.8 Å². The lowest BCUT2D eigenvalue weighted by molar-refractivity contribution is -0.131. The summed E-state index contributed by atoms with van der Waals surface area (Å²) in [6, 6.07) is 12.2. The van der Waals surface area contributed by atoms with E-state index in [2.05, 4.69) is 32.5 Å². The van der Waals surface area contributed by atoms with Gasteiger partial charge in [0.2, 0.25) is 5.91 Å². The van der Waals surface area contributed by atoms with Crippen LogP contribution in [0.1, 0.15) is 37.8 Å². The Kier molecular flexibility index (Phi) is 4.96. The first-order valence-corrected chi connectivity index (χ1v) is 9.46. The van der Waals surface area contributed by atoms with Gasteiger partial charge in [-0.2, -0.15) is 15.3 Å². The Morgan fingerprint density at radius 1 is 1.11 bits per heavy atom. The van der Waals surface area contributed by atoms with Crippen LogP contribution in [-0.4, -0.2) is 44.3 Å². The van der Waals surface area contributed by atoms with E-state index in [1.54, 1.807) is 12.4 Å². The van der Waals surface area contributed by atoms with Gasteiger partial charge in [-0.05, 0) is 18.9 Å². The highest BCUT2D eigenvalue weighted by Gasteiger charge is 2.28. The number of nitrogens with one attached hydrogen (secondary N) is 1. The molecular weight excluding hydrogens is 338 g/mol. The van der Waals surface area contributed by atoms with Gasteiger partial charge in [0.25, 0.3) is 0 Å². The van der Waals surface area contributed by atoms with Crippen LogP contribution in [0.25, 0.3) is 22.4 Å². The van der Waals surface area contributed by atoms with Crippen molar-refractivity contribution in [2.75, 3.05) is 13.1 Å². The average molecular weight is 361 g/mol. The monoisotopic (exact) mass is 361 g/mol. The molecule has 0 unspecified atom stereocenters. The lowest BCUT2D eigenvalue weighted by Gasteiger charge is -2.31. The predicted octanol–water partition coefficient (Wildman–Crippen LogP) is 3.65. The first kappa shape index (κ1) is 17.4. The molecule has 0 aliphatic carbocycles. The van der Waals surface area contributed by atoms with Gasteiger partial charge < -0.3 is 4.90 Å². The highest BCUT2D eigenvalue weighted by molar-refractivity contribution is 5.82. The summed E-state index contributed by atoms with van der Waals surface area (Å²) in [5.74, 6) is 0.584. The van der Waals surface area contributed by atoms with Gasteiger partial charge in [-0.1, -0.05) is 37.3 Å². The molecule has 4 rings (SSSR count). The van der Waals surface area contributed by atoms with Crippen LogP contribution in [0.3, 0.4) is 0 Å². The molecule has 0 radical (unpaired) electrons. The van der Waals surface area contributed by atoms with Crippen LogP contribution in [0.5, 0.6) is 0 Å². The van der Waals surface area contributed by atoms with Crippen molar-refractivity contribution in [2.24, 2.45) is 0 Å². The van der Waals surface area contributed by atoms with Crippen LogP contribution < -0.4 is 0 Å².